The van der Waals surface area contributed by atoms with Crippen LogP contribution in [-0.4, -0.2) is 12.1 Å². The maximum Gasteiger partial charge on any atom is 0.124 e. The van der Waals surface area contributed by atoms with Gasteiger partial charge in [-0.25, -0.2) is 0 Å². The van der Waals surface area contributed by atoms with Gasteiger partial charge in [-0.2, -0.15) is 0 Å². The lowest BCUT2D eigenvalue weighted by molar-refractivity contribution is 0.237. The molecule has 3 atom stereocenters. The lowest BCUT2D eigenvalue weighted by Gasteiger charge is -2.26. The number of benzene rings is 1. The van der Waals surface area contributed by atoms with Gasteiger partial charge in [-0.05, 0) is 45.6 Å². The molecule has 0 saturated carbocycles. The number of rotatable bonds is 9. The second kappa shape index (κ2) is 9.09. The van der Waals surface area contributed by atoms with Crippen molar-refractivity contribution in [3.8, 4) is 5.75 Å². The quantitative estimate of drug-likeness (QED) is 0.663. The smallest absolute Gasteiger partial charge is 0.124 e. The predicted octanol–water partition coefficient (Wildman–Crippen LogP) is 5.34. The Bertz CT molecular complexity index is 402. The van der Waals surface area contributed by atoms with Crippen LogP contribution in [0.5, 0.6) is 5.75 Å². The number of nitrogens with one attached hydrogen (secondary N) is 1. The molecule has 0 aliphatic carbocycles. The van der Waals surface area contributed by atoms with E-state index in [0.717, 1.165) is 11.7 Å². The molecule has 120 valence electrons. The van der Waals surface area contributed by atoms with E-state index in [0.29, 0.717) is 12.1 Å². The van der Waals surface area contributed by atoms with Gasteiger partial charge in [0.15, 0.2) is 0 Å². The van der Waals surface area contributed by atoms with Crippen molar-refractivity contribution in [2.75, 3.05) is 0 Å². The first-order valence-electron chi connectivity index (χ1n) is 8.49. The second-order valence-electron chi connectivity index (χ2n) is 6.45. The second-order valence-corrected chi connectivity index (χ2v) is 6.45. The van der Waals surface area contributed by atoms with E-state index in [1.165, 1.54) is 24.8 Å². The molecule has 1 aromatic rings. The summed E-state index contributed by atoms with van der Waals surface area (Å²) in [6.45, 7) is 13.3. The number of para-hydroxylation sites is 1. The molecule has 0 heterocycles. The van der Waals surface area contributed by atoms with Crippen LogP contribution in [0.25, 0.3) is 0 Å². The first-order chi connectivity index (χ1) is 9.97. The summed E-state index contributed by atoms with van der Waals surface area (Å²) in [5, 5.41) is 3.78. The van der Waals surface area contributed by atoms with Gasteiger partial charge in [-0.3, -0.25) is 0 Å². The van der Waals surface area contributed by atoms with E-state index < -0.39 is 0 Å². The molecule has 0 fully saturated rings. The lowest BCUT2D eigenvalue weighted by Crippen LogP contribution is -2.32. The molecule has 0 saturated heterocycles. The molecule has 0 aliphatic rings. The zero-order chi connectivity index (χ0) is 15.8. The Labute approximate surface area is 131 Å². The summed E-state index contributed by atoms with van der Waals surface area (Å²) in [5.41, 5.74) is 1.26. The largest absolute Gasteiger partial charge is 0.491 e. The molecular weight excluding hydrogens is 258 g/mol. The molecule has 21 heavy (non-hydrogen) atoms. The molecule has 0 amide bonds. The van der Waals surface area contributed by atoms with Crippen LogP contribution in [0.1, 0.15) is 72.4 Å². The first-order valence-corrected chi connectivity index (χ1v) is 8.49. The Kier molecular flexibility index (Phi) is 7.81. The van der Waals surface area contributed by atoms with Crippen molar-refractivity contribution in [2.45, 2.75) is 79.0 Å². The van der Waals surface area contributed by atoms with E-state index in [-0.39, 0.29) is 6.10 Å². The van der Waals surface area contributed by atoms with Gasteiger partial charge in [-0.15, -0.1) is 0 Å². The van der Waals surface area contributed by atoms with Crippen LogP contribution in [0.3, 0.4) is 0 Å². The molecule has 1 N–H and O–H groups in total. The average Bonchev–Trinajstić information content (AvgIpc) is 2.46. The van der Waals surface area contributed by atoms with Crippen molar-refractivity contribution in [1.82, 2.24) is 5.32 Å². The van der Waals surface area contributed by atoms with E-state index in [2.05, 4.69) is 65.1 Å². The molecule has 0 radical (unpaired) electrons. The molecule has 0 aromatic heterocycles. The third kappa shape index (κ3) is 6.09. The first kappa shape index (κ1) is 18.0. The summed E-state index contributed by atoms with van der Waals surface area (Å²) in [7, 11) is 0. The van der Waals surface area contributed by atoms with Gasteiger partial charge >= 0.3 is 0 Å². The third-order valence-corrected chi connectivity index (χ3v) is 4.11. The molecular formula is C19H33NO. The summed E-state index contributed by atoms with van der Waals surface area (Å²) in [6, 6.07) is 9.27. The van der Waals surface area contributed by atoms with Crippen LogP contribution in [0.15, 0.2) is 24.3 Å². The molecule has 0 bridgehead atoms. The Morgan fingerprint density at radius 3 is 2.24 bits per heavy atom. The highest BCUT2D eigenvalue weighted by atomic mass is 16.5. The SMILES string of the molecule is CCC(C)CC(CC)NC(C)c1ccccc1OC(C)C. The lowest BCUT2D eigenvalue weighted by atomic mass is 9.96. The molecule has 2 nitrogen and oxygen atoms in total. The van der Waals surface area contributed by atoms with Gasteiger partial charge in [-0.1, -0.05) is 45.4 Å². The van der Waals surface area contributed by atoms with Crippen molar-refractivity contribution in [3.05, 3.63) is 29.8 Å². The molecule has 3 unspecified atom stereocenters. The number of hydrogen-bond acceptors (Lipinski definition) is 2. The van der Waals surface area contributed by atoms with Crippen molar-refractivity contribution >= 4 is 0 Å². The van der Waals surface area contributed by atoms with E-state index in [1.807, 2.05) is 6.07 Å². The Morgan fingerprint density at radius 1 is 1.00 bits per heavy atom. The molecule has 1 aromatic carbocycles. The highest BCUT2D eigenvalue weighted by Gasteiger charge is 2.17. The molecule has 1 rings (SSSR count). The molecule has 0 spiro atoms. The zero-order valence-corrected chi connectivity index (χ0v) is 14.6. The summed E-state index contributed by atoms with van der Waals surface area (Å²) in [5.74, 6) is 1.78. The maximum absolute atomic E-state index is 5.94. The van der Waals surface area contributed by atoms with Gasteiger partial charge in [0.05, 0.1) is 6.10 Å². The van der Waals surface area contributed by atoms with Gasteiger partial charge in [0, 0.05) is 17.6 Å². The third-order valence-electron chi connectivity index (χ3n) is 4.11. The van der Waals surface area contributed by atoms with Crippen molar-refractivity contribution in [2.24, 2.45) is 5.92 Å². The Balaban J connectivity index is 2.75. The fraction of sp³-hybridized carbons (Fsp3) is 0.684. The molecule has 0 aliphatic heterocycles. The predicted molar refractivity (Wildman–Crippen MR) is 91.9 cm³/mol. The monoisotopic (exact) mass is 291 g/mol. The summed E-state index contributed by atoms with van der Waals surface area (Å²) in [4.78, 5) is 0. The van der Waals surface area contributed by atoms with Crippen LogP contribution in [0, 0.1) is 5.92 Å². The number of hydrogen-bond donors (Lipinski definition) is 1. The number of ether oxygens (including phenoxy) is 1. The van der Waals surface area contributed by atoms with Gasteiger partial charge in [0.25, 0.3) is 0 Å². The summed E-state index contributed by atoms with van der Waals surface area (Å²) >= 11 is 0. The minimum Gasteiger partial charge on any atom is -0.491 e. The van der Waals surface area contributed by atoms with Crippen molar-refractivity contribution < 1.29 is 4.74 Å². The standard InChI is InChI=1S/C19H33NO/c1-7-15(5)13-17(8-2)20-16(6)18-11-9-10-12-19(18)21-14(3)4/h9-12,14-17,20H,7-8,13H2,1-6H3. The van der Waals surface area contributed by atoms with Crippen LogP contribution in [0.2, 0.25) is 0 Å². The van der Waals surface area contributed by atoms with Crippen molar-refractivity contribution in [3.63, 3.8) is 0 Å². The summed E-state index contributed by atoms with van der Waals surface area (Å²) in [6.07, 6.45) is 3.87. The van der Waals surface area contributed by atoms with E-state index in [1.54, 1.807) is 0 Å². The molecule has 2 heteroatoms. The topological polar surface area (TPSA) is 21.3 Å². The Morgan fingerprint density at radius 2 is 1.67 bits per heavy atom. The van der Waals surface area contributed by atoms with Crippen LogP contribution in [0.4, 0.5) is 0 Å². The van der Waals surface area contributed by atoms with E-state index in [9.17, 15) is 0 Å². The minimum atomic E-state index is 0.209. The zero-order valence-electron chi connectivity index (χ0n) is 14.6. The summed E-state index contributed by atoms with van der Waals surface area (Å²) < 4.78 is 5.94. The minimum absolute atomic E-state index is 0.209. The fourth-order valence-corrected chi connectivity index (χ4v) is 2.65. The average molecular weight is 291 g/mol. The van der Waals surface area contributed by atoms with Crippen LogP contribution >= 0.6 is 0 Å². The highest BCUT2D eigenvalue weighted by molar-refractivity contribution is 5.35. The van der Waals surface area contributed by atoms with Gasteiger partial charge in [0.2, 0.25) is 0 Å². The van der Waals surface area contributed by atoms with Crippen LogP contribution < -0.4 is 10.1 Å². The van der Waals surface area contributed by atoms with Crippen molar-refractivity contribution in [1.29, 1.82) is 0 Å². The highest BCUT2D eigenvalue weighted by Crippen LogP contribution is 2.27. The van der Waals surface area contributed by atoms with Gasteiger partial charge in [0.1, 0.15) is 5.75 Å². The van der Waals surface area contributed by atoms with Gasteiger partial charge < -0.3 is 10.1 Å². The Hall–Kier alpha value is -1.02. The fourth-order valence-electron chi connectivity index (χ4n) is 2.65. The maximum atomic E-state index is 5.94. The normalized spacial score (nSPS) is 15.8. The van der Waals surface area contributed by atoms with E-state index in [4.69, 9.17) is 4.74 Å². The van der Waals surface area contributed by atoms with Crippen LogP contribution in [-0.2, 0) is 0 Å². The van der Waals surface area contributed by atoms with E-state index >= 15 is 0 Å².